The fourth-order valence-corrected chi connectivity index (χ4v) is 2.74. The van der Waals surface area contributed by atoms with Crippen molar-refractivity contribution < 1.29 is 9.90 Å². The zero-order chi connectivity index (χ0) is 13.9. The first-order valence-electron chi connectivity index (χ1n) is 5.96. The van der Waals surface area contributed by atoms with E-state index < -0.39 is 0 Å². The van der Waals surface area contributed by atoms with E-state index in [0.717, 1.165) is 5.56 Å². The fourth-order valence-electron chi connectivity index (χ4n) is 1.45. The van der Waals surface area contributed by atoms with Crippen molar-refractivity contribution in [2.45, 2.75) is 38.7 Å². The third kappa shape index (κ3) is 3.92. The summed E-state index contributed by atoms with van der Waals surface area (Å²) in [5.74, 6) is 1.13. The molecule has 0 aliphatic carbocycles. The predicted molar refractivity (Wildman–Crippen MR) is 78.7 cm³/mol. The van der Waals surface area contributed by atoms with Gasteiger partial charge >= 0.3 is 0 Å². The summed E-state index contributed by atoms with van der Waals surface area (Å²) in [5, 5.41) is 11.0. The molecule has 100 valence electrons. The maximum Gasteiger partial charge on any atom is 0.163 e. The highest BCUT2D eigenvalue weighted by Gasteiger charge is 2.15. The van der Waals surface area contributed by atoms with Crippen molar-refractivity contribution in [3.05, 3.63) is 28.3 Å². The highest BCUT2D eigenvalue weighted by atomic mass is 35.5. The standard InChI is InChI=1S/C14H19ClO2S/c1-8(2)10(4)18-7-11-5-12(15)6-13(9(3)16)14(11)17/h5-6,8,10,17H,7H2,1-4H3. The number of halogens is 1. The SMILES string of the molecule is CC(=O)c1cc(Cl)cc(CSC(C)C(C)C)c1O. The van der Waals surface area contributed by atoms with E-state index >= 15 is 0 Å². The number of benzene rings is 1. The molecule has 0 saturated carbocycles. The van der Waals surface area contributed by atoms with Crippen LogP contribution in [0.15, 0.2) is 12.1 Å². The summed E-state index contributed by atoms with van der Waals surface area (Å²) in [6.45, 7) is 7.91. The number of aromatic hydroxyl groups is 1. The summed E-state index contributed by atoms with van der Waals surface area (Å²) >= 11 is 7.72. The van der Waals surface area contributed by atoms with Crippen LogP contribution in [0.5, 0.6) is 5.75 Å². The first kappa shape index (κ1) is 15.4. The van der Waals surface area contributed by atoms with E-state index in [2.05, 4.69) is 20.8 Å². The van der Waals surface area contributed by atoms with Crippen LogP contribution in [0.2, 0.25) is 5.02 Å². The number of carbonyl (C=O) groups excluding carboxylic acids is 1. The van der Waals surface area contributed by atoms with Gasteiger partial charge in [-0.25, -0.2) is 0 Å². The zero-order valence-corrected chi connectivity index (χ0v) is 12.7. The minimum absolute atomic E-state index is 0.0651. The number of thioether (sulfide) groups is 1. The highest BCUT2D eigenvalue weighted by Crippen LogP contribution is 2.32. The van der Waals surface area contributed by atoms with E-state index in [4.69, 9.17) is 11.6 Å². The molecular formula is C14H19ClO2S. The Balaban J connectivity index is 2.92. The summed E-state index contributed by atoms with van der Waals surface area (Å²) in [5.41, 5.74) is 1.03. The summed E-state index contributed by atoms with van der Waals surface area (Å²) < 4.78 is 0. The van der Waals surface area contributed by atoms with Crippen LogP contribution in [-0.2, 0) is 5.75 Å². The van der Waals surface area contributed by atoms with Gasteiger partial charge in [0, 0.05) is 21.6 Å². The van der Waals surface area contributed by atoms with E-state index in [1.165, 1.54) is 13.0 Å². The lowest BCUT2D eigenvalue weighted by atomic mass is 10.1. The second-order valence-electron chi connectivity index (χ2n) is 4.78. The Labute approximate surface area is 118 Å². The van der Waals surface area contributed by atoms with Crippen LogP contribution in [-0.4, -0.2) is 16.1 Å². The molecule has 1 atom stereocenters. The number of hydrogen-bond acceptors (Lipinski definition) is 3. The van der Waals surface area contributed by atoms with Crippen molar-refractivity contribution >= 4 is 29.1 Å². The van der Waals surface area contributed by atoms with E-state index in [-0.39, 0.29) is 11.5 Å². The smallest absolute Gasteiger partial charge is 0.163 e. The molecule has 0 radical (unpaired) electrons. The van der Waals surface area contributed by atoms with Crippen LogP contribution in [0.25, 0.3) is 0 Å². The summed E-state index contributed by atoms with van der Waals surface area (Å²) in [7, 11) is 0. The summed E-state index contributed by atoms with van der Waals surface area (Å²) in [6, 6.07) is 3.24. The molecule has 1 rings (SSSR count). The molecular weight excluding hydrogens is 268 g/mol. The minimum atomic E-state index is -0.168. The topological polar surface area (TPSA) is 37.3 Å². The average Bonchev–Trinajstić information content (AvgIpc) is 2.28. The maximum absolute atomic E-state index is 11.4. The quantitative estimate of drug-likeness (QED) is 0.808. The molecule has 2 nitrogen and oxygen atoms in total. The average molecular weight is 287 g/mol. The highest BCUT2D eigenvalue weighted by molar-refractivity contribution is 7.99. The number of ketones is 1. The third-order valence-electron chi connectivity index (χ3n) is 2.97. The van der Waals surface area contributed by atoms with Gasteiger partial charge in [0.15, 0.2) is 5.78 Å². The monoisotopic (exact) mass is 286 g/mol. The molecule has 1 unspecified atom stereocenters. The largest absolute Gasteiger partial charge is 0.507 e. The van der Waals surface area contributed by atoms with E-state index in [0.29, 0.717) is 27.5 Å². The molecule has 0 aromatic heterocycles. The Hall–Kier alpha value is -0.670. The third-order valence-corrected chi connectivity index (χ3v) is 4.74. The molecule has 18 heavy (non-hydrogen) atoms. The van der Waals surface area contributed by atoms with E-state index in [1.807, 2.05) is 0 Å². The van der Waals surface area contributed by atoms with Crippen LogP contribution in [0.4, 0.5) is 0 Å². The fraction of sp³-hybridized carbons (Fsp3) is 0.500. The Morgan fingerprint density at radius 1 is 1.39 bits per heavy atom. The van der Waals surface area contributed by atoms with Crippen molar-refractivity contribution in [3.8, 4) is 5.75 Å². The van der Waals surface area contributed by atoms with Gasteiger partial charge in [-0.05, 0) is 25.0 Å². The molecule has 0 saturated heterocycles. The van der Waals surface area contributed by atoms with Gasteiger partial charge in [-0.3, -0.25) is 4.79 Å². The lowest BCUT2D eigenvalue weighted by molar-refractivity contribution is 0.101. The number of hydrogen-bond donors (Lipinski definition) is 1. The van der Waals surface area contributed by atoms with Gasteiger partial charge in [-0.15, -0.1) is 0 Å². The van der Waals surface area contributed by atoms with Gasteiger partial charge in [0.1, 0.15) is 5.75 Å². The molecule has 0 aliphatic heterocycles. The Bertz CT molecular complexity index is 444. The number of carbonyl (C=O) groups is 1. The van der Waals surface area contributed by atoms with Crippen molar-refractivity contribution in [1.82, 2.24) is 0 Å². The van der Waals surface area contributed by atoms with Gasteiger partial charge in [0.25, 0.3) is 0 Å². The van der Waals surface area contributed by atoms with Gasteiger partial charge < -0.3 is 5.11 Å². The van der Waals surface area contributed by atoms with Crippen molar-refractivity contribution in [2.75, 3.05) is 0 Å². The van der Waals surface area contributed by atoms with Crippen LogP contribution >= 0.6 is 23.4 Å². The minimum Gasteiger partial charge on any atom is -0.507 e. The Kier molecular flexibility index (Phi) is 5.54. The normalized spacial score (nSPS) is 12.8. The van der Waals surface area contributed by atoms with Gasteiger partial charge in [0.2, 0.25) is 0 Å². The van der Waals surface area contributed by atoms with Crippen molar-refractivity contribution in [3.63, 3.8) is 0 Å². The number of rotatable bonds is 5. The van der Waals surface area contributed by atoms with E-state index in [1.54, 1.807) is 17.8 Å². The molecule has 0 amide bonds. The lowest BCUT2D eigenvalue weighted by Gasteiger charge is -2.16. The number of Topliss-reactive ketones (excluding diaryl/α,β-unsaturated/α-hetero) is 1. The van der Waals surface area contributed by atoms with Crippen LogP contribution < -0.4 is 0 Å². The van der Waals surface area contributed by atoms with Crippen LogP contribution in [0, 0.1) is 5.92 Å². The summed E-state index contributed by atoms with van der Waals surface area (Å²) in [4.78, 5) is 11.4. The maximum atomic E-state index is 11.4. The molecule has 0 fully saturated rings. The molecule has 0 spiro atoms. The van der Waals surface area contributed by atoms with Gasteiger partial charge in [-0.1, -0.05) is 32.4 Å². The predicted octanol–water partition coefficient (Wildman–Crippen LogP) is 4.53. The van der Waals surface area contributed by atoms with Crippen molar-refractivity contribution in [1.29, 1.82) is 0 Å². The van der Waals surface area contributed by atoms with Gasteiger partial charge in [0.05, 0.1) is 5.56 Å². The molecule has 1 aromatic carbocycles. The van der Waals surface area contributed by atoms with Crippen LogP contribution in [0.1, 0.15) is 43.6 Å². The van der Waals surface area contributed by atoms with Gasteiger partial charge in [-0.2, -0.15) is 11.8 Å². The van der Waals surface area contributed by atoms with E-state index in [9.17, 15) is 9.90 Å². The summed E-state index contributed by atoms with van der Waals surface area (Å²) in [6.07, 6.45) is 0. The molecule has 0 aliphatic rings. The Morgan fingerprint density at radius 2 is 2.00 bits per heavy atom. The molecule has 0 bridgehead atoms. The zero-order valence-electron chi connectivity index (χ0n) is 11.2. The Morgan fingerprint density at radius 3 is 2.50 bits per heavy atom. The molecule has 0 heterocycles. The number of phenolic OH excluding ortho intramolecular Hbond substituents is 1. The molecule has 1 N–H and O–H groups in total. The van der Waals surface area contributed by atoms with Crippen LogP contribution in [0.3, 0.4) is 0 Å². The first-order chi connectivity index (χ1) is 8.32. The number of phenols is 1. The molecule has 1 aromatic rings. The second kappa shape index (κ2) is 6.48. The second-order valence-corrected chi connectivity index (χ2v) is 6.58. The lowest BCUT2D eigenvalue weighted by Crippen LogP contribution is -2.06. The van der Waals surface area contributed by atoms with Crippen molar-refractivity contribution in [2.24, 2.45) is 5.92 Å². The molecule has 4 heteroatoms. The first-order valence-corrected chi connectivity index (χ1v) is 7.39.